The van der Waals surface area contributed by atoms with Crippen LogP contribution in [0.4, 0.5) is 0 Å². The first-order valence-corrected chi connectivity index (χ1v) is 9.74. The first-order chi connectivity index (χ1) is 12.2. The van der Waals surface area contributed by atoms with Gasteiger partial charge in [-0.25, -0.2) is 4.98 Å². The second kappa shape index (κ2) is 5.85. The van der Waals surface area contributed by atoms with Gasteiger partial charge in [0.15, 0.2) is 5.82 Å². The van der Waals surface area contributed by atoms with Crippen molar-refractivity contribution in [3.63, 3.8) is 0 Å². The van der Waals surface area contributed by atoms with E-state index in [1.165, 1.54) is 25.7 Å². The Morgan fingerprint density at radius 1 is 1.24 bits per heavy atom. The maximum atomic E-state index is 13.0. The molecule has 0 spiro atoms. The number of aromatic amines is 1. The van der Waals surface area contributed by atoms with Gasteiger partial charge in [0.2, 0.25) is 0 Å². The number of hydrogen-bond acceptors (Lipinski definition) is 4. The zero-order valence-electron chi connectivity index (χ0n) is 14.8. The van der Waals surface area contributed by atoms with Crippen LogP contribution in [0.15, 0.2) is 11.3 Å². The molecule has 134 valence electrons. The molecular weight excluding hydrogens is 316 g/mol. The molecule has 5 rings (SSSR count). The van der Waals surface area contributed by atoms with E-state index in [-0.39, 0.29) is 5.91 Å². The fraction of sp³-hybridized carbons (Fsp3) is 0.737. The summed E-state index contributed by atoms with van der Waals surface area (Å²) >= 11 is 0. The van der Waals surface area contributed by atoms with Crippen LogP contribution in [0, 0.1) is 11.8 Å². The second-order valence-electron chi connectivity index (χ2n) is 8.16. The lowest BCUT2D eigenvalue weighted by molar-refractivity contribution is -0.127. The monoisotopic (exact) mass is 342 g/mol. The van der Waals surface area contributed by atoms with Crippen LogP contribution in [-0.2, 0) is 9.53 Å². The Morgan fingerprint density at radius 3 is 2.80 bits per heavy atom. The van der Waals surface area contributed by atoms with Crippen LogP contribution in [0.25, 0.3) is 0 Å². The lowest BCUT2D eigenvalue weighted by Crippen LogP contribution is -2.32. The molecule has 1 saturated heterocycles. The number of rotatable bonds is 4. The van der Waals surface area contributed by atoms with E-state index in [4.69, 9.17) is 9.72 Å². The topological polar surface area (TPSA) is 71.1 Å². The highest BCUT2D eigenvalue weighted by atomic mass is 16.5. The van der Waals surface area contributed by atoms with Gasteiger partial charge in [-0.05, 0) is 57.3 Å². The van der Waals surface area contributed by atoms with Gasteiger partial charge in [-0.15, -0.1) is 0 Å². The number of aromatic nitrogens is 3. The van der Waals surface area contributed by atoms with Crippen molar-refractivity contribution in [1.82, 2.24) is 20.1 Å². The van der Waals surface area contributed by atoms with Gasteiger partial charge in [0.25, 0.3) is 5.91 Å². The molecule has 0 bridgehead atoms. The molecule has 3 fully saturated rings. The van der Waals surface area contributed by atoms with Crippen molar-refractivity contribution in [2.24, 2.45) is 11.8 Å². The Balaban J connectivity index is 1.37. The molecule has 2 atom stereocenters. The summed E-state index contributed by atoms with van der Waals surface area (Å²) in [5.74, 6) is 5.11. The molecule has 3 heterocycles. The maximum Gasteiger partial charge on any atom is 0.253 e. The van der Waals surface area contributed by atoms with E-state index in [1.54, 1.807) is 0 Å². The molecule has 2 saturated carbocycles. The lowest BCUT2D eigenvalue weighted by Gasteiger charge is -2.23. The van der Waals surface area contributed by atoms with E-state index in [1.807, 2.05) is 11.8 Å². The van der Waals surface area contributed by atoms with E-state index in [0.717, 1.165) is 61.4 Å². The molecule has 0 radical (unpaired) electrons. The van der Waals surface area contributed by atoms with Gasteiger partial charge in [0.05, 0.1) is 12.2 Å². The van der Waals surface area contributed by atoms with E-state index in [0.29, 0.717) is 17.8 Å². The van der Waals surface area contributed by atoms with Gasteiger partial charge in [-0.2, -0.15) is 5.10 Å². The summed E-state index contributed by atoms with van der Waals surface area (Å²) in [5, 5.41) is 7.63. The highest BCUT2D eigenvalue weighted by molar-refractivity contribution is 5.94. The molecule has 0 aromatic carbocycles. The number of ether oxygens (including phenoxy) is 1. The molecule has 25 heavy (non-hydrogen) atoms. The number of H-pyrrole nitrogens is 1. The minimum Gasteiger partial charge on any atom is -0.498 e. The summed E-state index contributed by atoms with van der Waals surface area (Å²) in [5.41, 5.74) is 0.873. The Bertz CT molecular complexity index is 717. The average molecular weight is 342 g/mol. The van der Waals surface area contributed by atoms with E-state index in [9.17, 15) is 4.79 Å². The van der Waals surface area contributed by atoms with Crippen molar-refractivity contribution >= 4 is 5.91 Å². The van der Waals surface area contributed by atoms with Crippen molar-refractivity contribution < 1.29 is 9.53 Å². The Hall–Kier alpha value is -1.85. The number of allylic oxidation sites excluding steroid dienone is 1. The maximum absolute atomic E-state index is 13.0. The normalized spacial score (nSPS) is 29.9. The highest BCUT2D eigenvalue weighted by Crippen LogP contribution is 2.48. The third-order valence-corrected chi connectivity index (χ3v) is 6.27. The fourth-order valence-electron chi connectivity index (χ4n) is 4.45. The quantitative estimate of drug-likeness (QED) is 0.913. The molecule has 2 aliphatic carbocycles. The molecule has 2 aliphatic heterocycles. The van der Waals surface area contributed by atoms with Crippen molar-refractivity contribution in [2.45, 2.75) is 57.3 Å². The third kappa shape index (κ3) is 2.85. The first-order valence-electron chi connectivity index (χ1n) is 9.74. The molecule has 6 heteroatoms. The summed E-state index contributed by atoms with van der Waals surface area (Å²) < 4.78 is 5.61. The van der Waals surface area contributed by atoms with Crippen LogP contribution in [0.2, 0.25) is 0 Å². The number of carbonyl (C=O) groups is 1. The minimum absolute atomic E-state index is 0.173. The van der Waals surface area contributed by atoms with Crippen LogP contribution >= 0.6 is 0 Å². The van der Waals surface area contributed by atoms with Gasteiger partial charge in [-0.3, -0.25) is 9.89 Å². The van der Waals surface area contributed by atoms with Gasteiger partial charge >= 0.3 is 0 Å². The summed E-state index contributed by atoms with van der Waals surface area (Å²) in [6.45, 7) is 4.27. The van der Waals surface area contributed by atoms with Crippen LogP contribution in [-0.4, -0.2) is 45.7 Å². The fourth-order valence-corrected chi connectivity index (χ4v) is 4.45. The smallest absolute Gasteiger partial charge is 0.253 e. The third-order valence-electron chi connectivity index (χ3n) is 6.27. The number of nitrogens with zero attached hydrogens (tertiary/aromatic N) is 3. The molecule has 1 aromatic heterocycles. The van der Waals surface area contributed by atoms with Crippen LogP contribution < -0.4 is 0 Å². The zero-order chi connectivity index (χ0) is 17.0. The Labute approximate surface area is 148 Å². The van der Waals surface area contributed by atoms with Crippen molar-refractivity contribution in [2.75, 3.05) is 19.7 Å². The molecule has 0 unspecified atom stereocenters. The van der Waals surface area contributed by atoms with E-state index < -0.39 is 0 Å². The molecular formula is C19H26N4O2. The van der Waals surface area contributed by atoms with Crippen LogP contribution in [0.3, 0.4) is 0 Å². The number of likely N-dealkylation sites (tertiary alicyclic amines) is 1. The summed E-state index contributed by atoms with van der Waals surface area (Å²) in [7, 11) is 0. The summed E-state index contributed by atoms with van der Waals surface area (Å²) in [4.78, 5) is 19.9. The van der Waals surface area contributed by atoms with Crippen molar-refractivity contribution in [1.29, 1.82) is 0 Å². The highest BCUT2D eigenvalue weighted by Gasteiger charge is 2.46. The number of amides is 1. The molecule has 1 amide bonds. The van der Waals surface area contributed by atoms with Crippen molar-refractivity contribution in [3.05, 3.63) is 23.0 Å². The van der Waals surface area contributed by atoms with E-state index >= 15 is 0 Å². The number of hydrogen-bond donors (Lipinski definition) is 1. The Kier molecular flexibility index (Phi) is 3.61. The molecule has 6 nitrogen and oxygen atoms in total. The second-order valence-corrected chi connectivity index (χ2v) is 8.16. The molecule has 1 N–H and O–H groups in total. The average Bonchev–Trinajstić information content (AvgIpc) is 3.55. The van der Waals surface area contributed by atoms with Crippen LogP contribution in [0.5, 0.6) is 0 Å². The van der Waals surface area contributed by atoms with Crippen LogP contribution in [0.1, 0.15) is 68.9 Å². The number of carbonyl (C=O) groups excluding carboxylic acids is 1. The predicted octanol–water partition coefficient (Wildman–Crippen LogP) is 2.72. The molecule has 4 aliphatic rings. The van der Waals surface area contributed by atoms with Gasteiger partial charge in [0, 0.05) is 24.9 Å². The largest absolute Gasteiger partial charge is 0.498 e. The zero-order valence-corrected chi connectivity index (χ0v) is 14.8. The molecule has 1 aromatic rings. The van der Waals surface area contributed by atoms with Gasteiger partial charge in [-0.1, -0.05) is 0 Å². The predicted molar refractivity (Wildman–Crippen MR) is 91.8 cm³/mol. The number of nitrogens with one attached hydrogen (secondary N) is 1. The summed E-state index contributed by atoms with van der Waals surface area (Å²) in [6, 6.07) is 0. The minimum atomic E-state index is 0.173. The van der Waals surface area contributed by atoms with Gasteiger partial charge in [0.1, 0.15) is 11.6 Å². The lowest BCUT2D eigenvalue weighted by atomic mass is 9.91. The first kappa shape index (κ1) is 15.4. The van der Waals surface area contributed by atoms with Gasteiger partial charge < -0.3 is 9.64 Å². The van der Waals surface area contributed by atoms with E-state index in [2.05, 4.69) is 10.2 Å². The van der Waals surface area contributed by atoms with Crippen molar-refractivity contribution in [3.8, 4) is 0 Å². The SMILES string of the molecule is CC1=C(C(=O)N2C[C@H](c3nc(C4CC4)n[nH]3)[C@@H](C3CC3)C2)CCCO1. The Morgan fingerprint density at radius 2 is 2.08 bits per heavy atom. The summed E-state index contributed by atoms with van der Waals surface area (Å²) in [6.07, 6.45) is 6.79. The standard InChI is InChI=1S/C19H26N4O2/c1-11-14(3-2-8-25-11)19(24)23-9-15(12-4-5-12)16(10-23)18-20-17(21-22-18)13-6-7-13/h12-13,15-16H,2-10H2,1H3,(H,20,21,22)/t15-,16+/m1/s1.